The summed E-state index contributed by atoms with van der Waals surface area (Å²) in [6, 6.07) is 7.70. The summed E-state index contributed by atoms with van der Waals surface area (Å²) in [5, 5.41) is 1.78. The number of hydrogen-bond acceptors (Lipinski definition) is 3. The lowest BCUT2D eigenvalue weighted by molar-refractivity contribution is -0.274. The zero-order valence-corrected chi connectivity index (χ0v) is 10.9. The third kappa shape index (κ3) is 3.48. The highest BCUT2D eigenvalue weighted by Crippen LogP contribution is 2.36. The first-order valence-corrected chi connectivity index (χ1v) is 6.44. The van der Waals surface area contributed by atoms with Crippen molar-refractivity contribution in [2.24, 2.45) is 5.73 Å². The summed E-state index contributed by atoms with van der Waals surface area (Å²) in [4.78, 5) is 0.914. The van der Waals surface area contributed by atoms with Crippen molar-refractivity contribution in [3.05, 3.63) is 40.6 Å². The van der Waals surface area contributed by atoms with Crippen LogP contribution in [0.3, 0.4) is 0 Å². The fraction of sp³-hybridized carbons (Fsp3) is 0.231. The molecule has 0 aliphatic rings. The maximum atomic E-state index is 12.3. The molecule has 1 unspecified atom stereocenters. The van der Waals surface area contributed by atoms with Crippen LogP contribution in [0.1, 0.15) is 17.8 Å². The summed E-state index contributed by atoms with van der Waals surface area (Å²) >= 11 is 1.42. The number of hydrogen-bond donors (Lipinski definition) is 1. The van der Waals surface area contributed by atoms with Gasteiger partial charge in [0.1, 0.15) is 5.75 Å². The molecule has 0 aliphatic carbocycles. The van der Waals surface area contributed by atoms with Crippen molar-refractivity contribution in [3.63, 3.8) is 0 Å². The van der Waals surface area contributed by atoms with Gasteiger partial charge in [0.15, 0.2) is 0 Å². The number of alkyl halides is 3. The van der Waals surface area contributed by atoms with E-state index in [0.29, 0.717) is 11.1 Å². The van der Waals surface area contributed by atoms with E-state index < -0.39 is 6.36 Å². The van der Waals surface area contributed by atoms with Crippen molar-refractivity contribution < 1.29 is 17.9 Å². The van der Waals surface area contributed by atoms with Gasteiger partial charge in [-0.1, -0.05) is 18.2 Å². The van der Waals surface area contributed by atoms with E-state index in [2.05, 4.69) is 4.74 Å². The highest BCUT2D eigenvalue weighted by molar-refractivity contribution is 7.10. The lowest BCUT2D eigenvalue weighted by Crippen LogP contribution is -2.17. The van der Waals surface area contributed by atoms with E-state index in [9.17, 15) is 13.2 Å². The standard InChI is InChI=1S/C13H12F3NOS/c1-8(17)12-6-9(7-19-12)10-4-2-3-5-11(10)18-13(14,15)16/h2-8H,17H2,1H3. The van der Waals surface area contributed by atoms with Gasteiger partial charge in [0.2, 0.25) is 0 Å². The zero-order valence-electron chi connectivity index (χ0n) is 10.1. The minimum atomic E-state index is -4.70. The Bertz CT molecular complexity index is 563. The van der Waals surface area contributed by atoms with Crippen molar-refractivity contribution in [1.82, 2.24) is 0 Å². The Morgan fingerprint density at radius 2 is 1.95 bits per heavy atom. The number of thiophene rings is 1. The molecular formula is C13H12F3NOS. The summed E-state index contributed by atoms with van der Waals surface area (Å²) in [5.41, 5.74) is 6.83. The SMILES string of the molecule is CC(N)c1cc(-c2ccccc2OC(F)(F)F)cs1. The molecule has 1 aromatic carbocycles. The van der Waals surface area contributed by atoms with Gasteiger partial charge < -0.3 is 10.5 Å². The van der Waals surface area contributed by atoms with Crippen molar-refractivity contribution in [2.75, 3.05) is 0 Å². The molecule has 0 amide bonds. The molecule has 2 N–H and O–H groups in total. The van der Waals surface area contributed by atoms with E-state index in [0.717, 1.165) is 4.88 Å². The molecule has 0 aliphatic heterocycles. The molecule has 0 saturated heterocycles. The normalized spacial score (nSPS) is 13.3. The fourth-order valence-electron chi connectivity index (χ4n) is 1.65. The second-order valence-corrected chi connectivity index (χ2v) is 5.01. The predicted octanol–water partition coefficient (Wildman–Crippen LogP) is 4.33. The largest absolute Gasteiger partial charge is 0.573 e. The number of ether oxygens (including phenoxy) is 1. The highest BCUT2D eigenvalue weighted by Gasteiger charge is 2.32. The zero-order chi connectivity index (χ0) is 14.0. The topological polar surface area (TPSA) is 35.2 Å². The Labute approximate surface area is 112 Å². The molecule has 2 rings (SSSR count). The first-order valence-electron chi connectivity index (χ1n) is 5.56. The van der Waals surface area contributed by atoms with Crippen molar-refractivity contribution >= 4 is 11.3 Å². The first-order chi connectivity index (χ1) is 8.87. The molecule has 0 fully saturated rings. The summed E-state index contributed by atoms with van der Waals surface area (Å²) in [6.07, 6.45) is -4.70. The minimum Gasteiger partial charge on any atom is -0.405 e. The Hall–Kier alpha value is -1.53. The van der Waals surface area contributed by atoms with E-state index in [1.807, 2.05) is 6.92 Å². The number of benzene rings is 1. The Balaban J connectivity index is 2.38. The Morgan fingerprint density at radius 1 is 1.26 bits per heavy atom. The van der Waals surface area contributed by atoms with Gasteiger partial charge in [-0.3, -0.25) is 0 Å². The van der Waals surface area contributed by atoms with Crippen LogP contribution in [0.15, 0.2) is 35.7 Å². The van der Waals surface area contributed by atoms with Crippen LogP contribution < -0.4 is 10.5 Å². The number of halogens is 3. The second-order valence-electron chi connectivity index (χ2n) is 4.07. The molecule has 2 nitrogen and oxygen atoms in total. The van der Waals surface area contributed by atoms with Crippen LogP contribution in [0.2, 0.25) is 0 Å². The summed E-state index contributed by atoms with van der Waals surface area (Å²) in [7, 11) is 0. The molecule has 0 saturated carbocycles. The monoisotopic (exact) mass is 287 g/mol. The van der Waals surface area contributed by atoms with E-state index in [-0.39, 0.29) is 11.8 Å². The maximum Gasteiger partial charge on any atom is 0.573 e. The lowest BCUT2D eigenvalue weighted by Gasteiger charge is -2.12. The van der Waals surface area contributed by atoms with Crippen LogP contribution in [0.4, 0.5) is 13.2 Å². The van der Waals surface area contributed by atoms with Gasteiger partial charge in [0.05, 0.1) is 0 Å². The van der Waals surface area contributed by atoms with E-state index in [1.54, 1.807) is 23.6 Å². The van der Waals surface area contributed by atoms with Crippen LogP contribution in [0.5, 0.6) is 5.75 Å². The average molecular weight is 287 g/mol. The van der Waals surface area contributed by atoms with Gasteiger partial charge in [-0.2, -0.15) is 0 Å². The Morgan fingerprint density at radius 3 is 2.53 bits per heavy atom. The molecule has 102 valence electrons. The van der Waals surface area contributed by atoms with Crippen LogP contribution in [-0.4, -0.2) is 6.36 Å². The highest BCUT2D eigenvalue weighted by atomic mass is 32.1. The third-order valence-corrected chi connectivity index (χ3v) is 3.63. The van der Waals surface area contributed by atoms with Crippen LogP contribution in [0.25, 0.3) is 11.1 Å². The number of rotatable bonds is 3. The van der Waals surface area contributed by atoms with Crippen molar-refractivity contribution in [3.8, 4) is 16.9 Å². The molecule has 19 heavy (non-hydrogen) atoms. The molecule has 0 bridgehead atoms. The predicted molar refractivity (Wildman–Crippen MR) is 69.0 cm³/mol. The molecule has 1 aromatic heterocycles. The summed E-state index contributed by atoms with van der Waals surface area (Å²) in [5.74, 6) is -0.205. The van der Waals surface area contributed by atoms with Gasteiger partial charge in [-0.15, -0.1) is 24.5 Å². The second kappa shape index (κ2) is 5.22. The van der Waals surface area contributed by atoms with Crippen LogP contribution in [0, 0.1) is 0 Å². The Kier molecular flexibility index (Phi) is 3.82. The average Bonchev–Trinajstić information content (AvgIpc) is 2.76. The molecule has 1 heterocycles. The van der Waals surface area contributed by atoms with E-state index >= 15 is 0 Å². The molecule has 2 aromatic rings. The van der Waals surface area contributed by atoms with Gasteiger partial charge in [-0.05, 0) is 30.0 Å². The molecule has 1 atom stereocenters. The summed E-state index contributed by atoms with van der Waals surface area (Å²) in [6.45, 7) is 1.83. The van der Waals surface area contributed by atoms with Gasteiger partial charge in [-0.25, -0.2) is 0 Å². The molecular weight excluding hydrogens is 275 g/mol. The minimum absolute atomic E-state index is 0.144. The van der Waals surface area contributed by atoms with E-state index in [4.69, 9.17) is 5.73 Å². The number of para-hydroxylation sites is 1. The van der Waals surface area contributed by atoms with Gasteiger partial charge in [0.25, 0.3) is 0 Å². The fourth-order valence-corrected chi connectivity index (χ4v) is 2.52. The van der Waals surface area contributed by atoms with Crippen molar-refractivity contribution in [2.45, 2.75) is 19.3 Å². The quantitative estimate of drug-likeness (QED) is 0.911. The van der Waals surface area contributed by atoms with E-state index in [1.165, 1.54) is 23.5 Å². The number of nitrogens with two attached hydrogens (primary N) is 1. The third-order valence-electron chi connectivity index (χ3n) is 2.49. The van der Waals surface area contributed by atoms with Crippen LogP contribution in [-0.2, 0) is 0 Å². The molecule has 0 spiro atoms. The summed E-state index contributed by atoms with van der Waals surface area (Å²) < 4.78 is 41.0. The molecule has 0 radical (unpaired) electrons. The van der Waals surface area contributed by atoms with Crippen LogP contribution >= 0.6 is 11.3 Å². The lowest BCUT2D eigenvalue weighted by atomic mass is 10.1. The maximum absolute atomic E-state index is 12.3. The van der Waals surface area contributed by atoms with Crippen molar-refractivity contribution in [1.29, 1.82) is 0 Å². The smallest absolute Gasteiger partial charge is 0.405 e. The molecule has 6 heteroatoms. The van der Waals surface area contributed by atoms with Gasteiger partial charge >= 0.3 is 6.36 Å². The van der Waals surface area contributed by atoms with Gasteiger partial charge in [0, 0.05) is 16.5 Å². The first kappa shape index (κ1) is 13.9.